The van der Waals surface area contributed by atoms with E-state index in [9.17, 15) is 18.0 Å². The summed E-state index contributed by atoms with van der Waals surface area (Å²) in [5.74, 6) is -0.517. The summed E-state index contributed by atoms with van der Waals surface area (Å²) in [5, 5.41) is 5.25. The summed E-state index contributed by atoms with van der Waals surface area (Å²) in [6, 6.07) is 9.12. The molecule has 1 aromatic carbocycles. The molecule has 1 aromatic heterocycles. The highest BCUT2D eigenvalue weighted by Gasteiger charge is 2.26. The van der Waals surface area contributed by atoms with Gasteiger partial charge in [0.1, 0.15) is 0 Å². The van der Waals surface area contributed by atoms with Crippen LogP contribution in [-0.2, 0) is 19.6 Å². The van der Waals surface area contributed by atoms with Gasteiger partial charge in [0.15, 0.2) is 5.76 Å². The van der Waals surface area contributed by atoms with Crippen LogP contribution in [0, 0.1) is 0 Å². The van der Waals surface area contributed by atoms with Crippen LogP contribution in [0.5, 0.6) is 0 Å². The van der Waals surface area contributed by atoms with E-state index in [1.807, 2.05) is 0 Å². The minimum absolute atomic E-state index is 0.0697. The smallest absolute Gasteiger partial charge is 0.286 e. The number of sulfonamides is 1. The summed E-state index contributed by atoms with van der Waals surface area (Å²) >= 11 is 0. The average molecular weight is 407 g/mol. The van der Waals surface area contributed by atoms with Crippen LogP contribution in [0.1, 0.15) is 17.0 Å². The van der Waals surface area contributed by atoms with E-state index in [1.54, 1.807) is 6.07 Å². The van der Waals surface area contributed by atoms with Crippen LogP contribution in [0.2, 0.25) is 0 Å². The number of furan rings is 1. The summed E-state index contributed by atoms with van der Waals surface area (Å²) in [6.07, 6.45) is 1.46. The summed E-state index contributed by atoms with van der Waals surface area (Å²) in [5.41, 5.74) is 0.475. The first-order chi connectivity index (χ1) is 13.5. The molecule has 0 atom stereocenters. The van der Waals surface area contributed by atoms with Gasteiger partial charge in [-0.15, -0.1) is 0 Å². The molecule has 0 saturated carbocycles. The molecule has 9 nitrogen and oxygen atoms in total. The molecule has 0 aliphatic carbocycles. The number of nitrogens with zero attached hydrogens (tertiary/aromatic N) is 1. The van der Waals surface area contributed by atoms with Gasteiger partial charge in [-0.05, 0) is 36.4 Å². The number of ether oxygens (including phenoxy) is 1. The van der Waals surface area contributed by atoms with Crippen molar-refractivity contribution in [2.24, 2.45) is 0 Å². The first kappa shape index (κ1) is 20.1. The van der Waals surface area contributed by atoms with Gasteiger partial charge in [0.05, 0.1) is 24.4 Å². The van der Waals surface area contributed by atoms with Crippen LogP contribution in [0.3, 0.4) is 0 Å². The average Bonchev–Trinajstić information content (AvgIpc) is 3.24. The van der Waals surface area contributed by atoms with E-state index >= 15 is 0 Å². The molecule has 0 unspecified atom stereocenters. The molecule has 2 N–H and O–H groups in total. The van der Waals surface area contributed by atoms with Crippen LogP contribution in [-0.4, -0.2) is 57.4 Å². The molecule has 2 aromatic rings. The Morgan fingerprint density at radius 2 is 1.79 bits per heavy atom. The molecule has 1 aliphatic rings. The standard InChI is InChI=1S/C18H21N3O6S/c22-17(7-8-19-18(23)16-2-1-11-27-16)20-14-3-5-15(6-4-14)28(24,25)21-9-12-26-13-10-21/h1-6,11H,7-10,12-13H2,(H,19,23)(H,20,22). The third kappa shape index (κ3) is 4.97. The summed E-state index contributed by atoms with van der Waals surface area (Å²) in [4.78, 5) is 23.9. The van der Waals surface area contributed by atoms with Crippen molar-refractivity contribution in [3.8, 4) is 0 Å². The van der Waals surface area contributed by atoms with E-state index in [2.05, 4.69) is 10.6 Å². The molecule has 10 heteroatoms. The second-order valence-corrected chi connectivity index (χ2v) is 8.01. The van der Waals surface area contributed by atoms with Crippen molar-refractivity contribution in [1.29, 1.82) is 0 Å². The molecule has 28 heavy (non-hydrogen) atoms. The van der Waals surface area contributed by atoms with Crippen LogP contribution in [0.15, 0.2) is 52.0 Å². The van der Waals surface area contributed by atoms with Gasteiger partial charge in [0.25, 0.3) is 5.91 Å². The molecule has 1 aliphatic heterocycles. The maximum Gasteiger partial charge on any atom is 0.286 e. The lowest BCUT2D eigenvalue weighted by Gasteiger charge is -2.26. The zero-order valence-electron chi connectivity index (χ0n) is 15.1. The zero-order valence-corrected chi connectivity index (χ0v) is 15.9. The topological polar surface area (TPSA) is 118 Å². The first-order valence-electron chi connectivity index (χ1n) is 8.76. The predicted octanol–water partition coefficient (Wildman–Crippen LogP) is 1.06. The van der Waals surface area contributed by atoms with E-state index in [-0.39, 0.29) is 29.5 Å². The number of hydrogen-bond acceptors (Lipinski definition) is 6. The third-order valence-corrected chi connectivity index (χ3v) is 6.04. The fraction of sp³-hybridized carbons (Fsp3) is 0.333. The maximum atomic E-state index is 12.6. The number of nitrogens with one attached hydrogen (secondary N) is 2. The summed E-state index contributed by atoms with van der Waals surface area (Å²) in [7, 11) is -3.57. The third-order valence-electron chi connectivity index (χ3n) is 4.13. The summed E-state index contributed by atoms with van der Waals surface area (Å²) < 4.78 is 36.6. The lowest BCUT2D eigenvalue weighted by atomic mass is 10.3. The number of anilines is 1. The predicted molar refractivity (Wildman–Crippen MR) is 100 cm³/mol. The van der Waals surface area contributed by atoms with Crippen LogP contribution in [0.25, 0.3) is 0 Å². The Kier molecular flexibility index (Phi) is 6.45. The molecule has 0 spiro atoms. The van der Waals surface area contributed by atoms with E-state index in [0.717, 1.165) is 0 Å². The van der Waals surface area contributed by atoms with Crippen molar-refractivity contribution in [2.75, 3.05) is 38.2 Å². The van der Waals surface area contributed by atoms with Crippen LogP contribution in [0.4, 0.5) is 5.69 Å². The monoisotopic (exact) mass is 407 g/mol. The molecule has 150 valence electrons. The van der Waals surface area contributed by atoms with Crippen molar-refractivity contribution in [3.63, 3.8) is 0 Å². The Balaban J connectivity index is 1.49. The van der Waals surface area contributed by atoms with E-state index in [0.29, 0.717) is 32.0 Å². The quantitative estimate of drug-likeness (QED) is 0.709. The van der Waals surface area contributed by atoms with Crippen molar-refractivity contribution >= 4 is 27.5 Å². The van der Waals surface area contributed by atoms with E-state index < -0.39 is 15.9 Å². The fourth-order valence-corrected chi connectivity index (χ4v) is 4.06. The van der Waals surface area contributed by atoms with Crippen molar-refractivity contribution < 1.29 is 27.2 Å². The van der Waals surface area contributed by atoms with Gasteiger partial charge in [-0.25, -0.2) is 8.42 Å². The molecule has 3 rings (SSSR count). The minimum Gasteiger partial charge on any atom is -0.459 e. The number of carbonyl (C=O) groups is 2. The molecule has 1 fully saturated rings. The molecule has 1 saturated heterocycles. The second kappa shape index (κ2) is 9.00. The normalized spacial score (nSPS) is 15.1. The Labute approximate surface area is 162 Å². The Morgan fingerprint density at radius 3 is 2.43 bits per heavy atom. The SMILES string of the molecule is O=C(CCNC(=O)c1ccco1)Nc1ccc(S(=O)(=O)N2CCOCC2)cc1. The van der Waals surface area contributed by atoms with Crippen LogP contribution < -0.4 is 10.6 Å². The Morgan fingerprint density at radius 1 is 1.07 bits per heavy atom. The Bertz CT molecular complexity index is 903. The highest BCUT2D eigenvalue weighted by molar-refractivity contribution is 7.89. The fourth-order valence-electron chi connectivity index (χ4n) is 2.65. The number of rotatable bonds is 7. The van der Waals surface area contributed by atoms with Crippen molar-refractivity contribution in [3.05, 3.63) is 48.4 Å². The molecule has 2 heterocycles. The molecule has 0 bridgehead atoms. The largest absolute Gasteiger partial charge is 0.459 e. The second-order valence-electron chi connectivity index (χ2n) is 6.07. The van der Waals surface area contributed by atoms with Gasteiger partial charge < -0.3 is 19.8 Å². The molecule has 2 amide bonds. The lowest BCUT2D eigenvalue weighted by molar-refractivity contribution is -0.116. The highest BCUT2D eigenvalue weighted by atomic mass is 32.2. The van der Waals surface area contributed by atoms with Gasteiger partial charge in [-0.2, -0.15) is 4.31 Å². The van der Waals surface area contributed by atoms with Crippen molar-refractivity contribution in [1.82, 2.24) is 9.62 Å². The van der Waals surface area contributed by atoms with Crippen molar-refractivity contribution in [2.45, 2.75) is 11.3 Å². The number of amides is 2. The van der Waals surface area contributed by atoms with Gasteiger partial charge >= 0.3 is 0 Å². The van der Waals surface area contributed by atoms with Gasteiger partial charge in [0, 0.05) is 31.7 Å². The number of carbonyl (C=O) groups excluding carboxylic acids is 2. The van der Waals surface area contributed by atoms with Gasteiger partial charge in [-0.1, -0.05) is 0 Å². The number of hydrogen-bond donors (Lipinski definition) is 2. The zero-order chi connectivity index (χ0) is 20.0. The summed E-state index contributed by atoms with van der Waals surface area (Å²) in [6.45, 7) is 1.55. The van der Waals surface area contributed by atoms with E-state index in [1.165, 1.54) is 40.9 Å². The molecule has 0 radical (unpaired) electrons. The molecular weight excluding hydrogens is 386 g/mol. The molecular formula is C18H21N3O6S. The maximum absolute atomic E-state index is 12.6. The number of morpholine rings is 1. The minimum atomic E-state index is -3.57. The van der Waals surface area contributed by atoms with Crippen LogP contribution >= 0.6 is 0 Å². The Hall–Kier alpha value is -2.69. The number of benzene rings is 1. The first-order valence-corrected chi connectivity index (χ1v) is 10.2. The highest BCUT2D eigenvalue weighted by Crippen LogP contribution is 2.19. The van der Waals surface area contributed by atoms with E-state index in [4.69, 9.17) is 9.15 Å². The van der Waals surface area contributed by atoms with Gasteiger partial charge in [0.2, 0.25) is 15.9 Å². The van der Waals surface area contributed by atoms with Gasteiger partial charge in [-0.3, -0.25) is 9.59 Å². The lowest BCUT2D eigenvalue weighted by Crippen LogP contribution is -2.40.